The van der Waals surface area contributed by atoms with E-state index in [-0.39, 0.29) is 25.5 Å². The molecule has 0 aliphatic carbocycles. The van der Waals surface area contributed by atoms with Crippen molar-refractivity contribution < 1.29 is 24.5 Å². The van der Waals surface area contributed by atoms with Crippen LogP contribution in [0.3, 0.4) is 0 Å². The minimum Gasteiger partial charge on any atom is -0.481 e. The molecule has 1 aliphatic heterocycles. The molecule has 98 valence electrons. The topological polar surface area (TPSA) is 95.9 Å². The van der Waals surface area contributed by atoms with E-state index < -0.39 is 11.6 Å². The minimum absolute atomic E-state index is 0.0884. The predicted octanol–water partition coefficient (Wildman–Crippen LogP) is -0.101. The molecular formula is C11H19NO5. The molecule has 0 aromatic carbocycles. The maximum absolute atomic E-state index is 11.4. The molecule has 0 saturated carbocycles. The molecule has 0 aromatic heterocycles. The van der Waals surface area contributed by atoms with Gasteiger partial charge in [0.2, 0.25) is 5.91 Å². The van der Waals surface area contributed by atoms with Gasteiger partial charge in [-0.2, -0.15) is 0 Å². The van der Waals surface area contributed by atoms with Crippen molar-refractivity contribution >= 4 is 11.9 Å². The monoisotopic (exact) mass is 245 g/mol. The number of hydrogen-bond acceptors (Lipinski definition) is 4. The van der Waals surface area contributed by atoms with Crippen LogP contribution in [0.2, 0.25) is 0 Å². The van der Waals surface area contributed by atoms with Gasteiger partial charge in [-0.25, -0.2) is 0 Å². The van der Waals surface area contributed by atoms with E-state index in [0.717, 1.165) is 0 Å². The van der Waals surface area contributed by atoms with E-state index in [1.807, 2.05) is 0 Å². The molecule has 1 amide bonds. The molecule has 6 heteroatoms. The first-order valence-electron chi connectivity index (χ1n) is 5.80. The molecule has 1 saturated heterocycles. The maximum Gasteiger partial charge on any atom is 0.303 e. The summed E-state index contributed by atoms with van der Waals surface area (Å²) < 4.78 is 5.05. The Morgan fingerprint density at radius 1 is 1.29 bits per heavy atom. The van der Waals surface area contributed by atoms with Crippen LogP contribution in [-0.2, 0) is 14.3 Å². The fraction of sp³-hybridized carbons (Fsp3) is 0.818. The highest BCUT2D eigenvalue weighted by molar-refractivity contribution is 5.76. The number of carboxylic acid groups (broad SMARTS) is 1. The van der Waals surface area contributed by atoms with Gasteiger partial charge in [-0.05, 0) is 12.8 Å². The van der Waals surface area contributed by atoms with Gasteiger partial charge >= 0.3 is 5.97 Å². The standard InChI is InChI=1S/C11H19NO5/c13-9(3-1-2-4-10(14)15)12-7-11(16)5-6-17-8-11/h16H,1-8H2,(H,12,13)(H,14,15). The van der Waals surface area contributed by atoms with Gasteiger partial charge in [-0.1, -0.05) is 0 Å². The summed E-state index contributed by atoms with van der Waals surface area (Å²) in [6, 6.07) is 0. The lowest BCUT2D eigenvalue weighted by atomic mass is 10.0. The summed E-state index contributed by atoms with van der Waals surface area (Å²) in [6.45, 7) is 0.974. The molecule has 0 aromatic rings. The van der Waals surface area contributed by atoms with Crippen LogP contribution in [0.25, 0.3) is 0 Å². The number of unbranched alkanes of at least 4 members (excludes halogenated alkanes) is 1. The van der Waals surface area contributed by atoms with Gasteiger partial charge in [0.25, 0.3) is 0 Å². The molecule has 0 radical (unpaired) electrons. The number of aliphatic carboxylic acids is 1. The number of aliphatic hydroxyl groups is 1. The molecule has 6 nitrogen and oxygen atoms in total. The van der Waals surface area contributed by atoms with E-state index in [0.29, 0.717) is 32.3 Å². The molecule has 1 unspecified atom stereocenters. The van der Waals surface area contributed by atoms with Crippen molar-refractivity contribution in [1.82, 2.24) is 5.32 Å². The average molecular weight is 245 g/mol. The number of ether oxygens (including phenoxy) is 1. The smallest absolute Gasteiger partial charge is 0.303 e. The molecule has 1 aliphatic rings. The molecule has 3 N–H and O–H groups in total. The third-order valence-corrected chi connectivity index (χ3v) is 2.74. The van der Waals surface area contributed by atoms with Crippen LogP contribution in [0.1, 0.15) is 32.1 Å². The van der Waals surface area contributed by atoms with E-state index in [2.05, 4.69) is 5.32 Å². The van der Waals surface area contributed by atoms with Gasteiger partial charge in [0.15, 0.2) is 0 Å². The summed E-state index contributed by atoms with van der Waals surface area (Å²) >= 11 is 0. The van der Waals surface area contributed by atoms with E-state index in [9.17, 15) is 14.7 Å². The quantitative estimate of drug-likeness (QED) is 0.544. The zero-order chi connectivity index (χ0) is 12.7. The lowest BCUT2D eigenvalue weighted by molar-refractivity contribution is -0.137. The lowest BCUT2D eigenvalue weighted by Gasteiger charge is -2.20. The van der Waals surface area contributed by atoms with Crippen LogP contribution in [0, 0.1) is 0 Å². The molecule has 1 fully saturated rings. The second kappa shape index (κ2) is 6.56. The van der Waals surface area contributed by atoms with Crippen molar-refractivity contribution in [3.63, 3.8) is 0 Å². The van der Waals surface area contributed by atoms with Gasteiger partial charge < -0.3 is 20.3 Å². The number of hydrogen-bond donors (Lipinski definition) is 3. The normalized spacial score (nSPS) is 23.6. The molecule has 1 rings (SSSR count). The first-order valence-corrected chi connectivity index (χ1v) is 5.80. The number of rotatable bonds is 7. The van der Waals surface area contributed by atoms with Crippen LogP contribution in [0.15, 0.2) is 0 Å². The van der Waals surface area contributed by atoms with E-state index >= 15 is 0 Å². The van der Waals surface area contributed by atoms with Crippen LogP contribution in [0.5, 0.6) is 0 Å². The van der Waals surface area contributed by atoms with Gasteiger partial charge in [0, 0.05) is 32.4 Å². The van der Waals surface area contributed by atoms with Gasteiger partial charge in [-0.3, -0.25) is 9.59 Å². The Balaban J connectivity index is 2.06. The second-order valence-electron chi connectivity index (χ2n) is 4.40. The Bertz CT molecular complexity index is 273. The molecule has 17 heavy (non-hydrogen) atoms. The number of carbonyl (C=O) groups is 2. The van der Waals surface area contributed by atoms with Crippen LogP contribution < -0.4 is 5.32 Å². The van der Waals surface area contributed by atoms with Crippen LogP contribution in [-0.4, -0.2) is 47.4 Å². The van der Waals surface area contributed by atoms with Gasteiger partial charge in [0.1, 0.15) is 5.60 Å². The molecular weight excluding hydrogens is 226 g/mol. The zero-order valence-corrected chi connectivity index (χ0v) is 9.78. The number of amides is 1. The second-order valence-corrected chi connectivity index (χ2v) is 4.40. The highest BCUT2D eigenvalue weighted by Gasteiger charge is 2.32. The highest BCUT2D eigenvalue weighted by Crippen LogP contribution is 2.16. The highest BCUT2D eigenvalue weighted by atomic mass is 16.5. The summed E-state index contributed by atoms with van der Waals surface area (Å²) in [5, 5.41) is 20.9. The molecule has 0 spiro atoms. The van der Waals surface area contributed by atoms with E-state index in [1.54, 1.807) is 0 Å². The molecule has 0 bridgehead atoms. The van der Waals surface area contributed by atoms with Crippen LogP contribution in [0.4, 0.5) is 0 Å². The Kier molecular flexibility index (Phi) is 5.37. The third kappa shape index (κ3) is 5.65. The van der Waals surface area contributed by atoms with Crippen molar-refractivity contribution in [3.8, 4) is 0 Å². The lowest BCUT2D eigenvalue weighted by Crippen LogP contribution is -2.43. The van der Waals surface area contributed by atoms with Crippen LogP contribution >= 0.6 is 0 Å². The first-order chi connectivity index (χ1) is 8.02. The molecule has 1 atom stereocenters. The van der Waals surface area contributed by atoms with Crippen molar-refractivity contribution in [2.24, 2.45) is 0 Å². The van der Waals surface area contributed by atoms with E-state index in [1.165, 1.54) is 0 Å². The maximum atomic E-state index is 11.4. The minimum atomic E-state index is -0.934. The Morgan fingerprint density at radius 3 is 2.59 bits per heavy atom. The van der Waals surface area contributed by atoms with Gasteiger partial charge in [-0.15, -0.1) is 0 Å². The summed E-state index contributed by atoms with van der Waals surface area (Å²) in [7, 11) is 0. The molecule has 1 heterocycles. The third-order valence-electron chi connectivity index (χ3n) is 2.74. The van der Waals surface area contributed by atoms with Crippen molar-refractivity contribution in [2.45, 2.75) is 37.7 Å². The number of nitrogens with one attached hydrogen (secondary N) is 1. The number of carbonyl (C=O) groups excluding carboxylic acids is 1. The summed E-state index contributed by atoms with van der Waals surface area (Å²) in [6.07, 6.45) is 1.96. The largest absolute Gasteiger partial charge is 0.481 e. The fourth-order valence-corrected chi connectivity index (χ4v) is 1.65. The SMILES string of the molecule is O=C(O)CCCCC(=O)NCC1(O)CCOC1. The summed E-state index contributed by atoms with van der Waals surface area (Å²) in [5.41, 5.74) is -0.934. The Morgan fingerprint density at radius 2 is 2.00 bits per heavy atom. The van der Waals surface area contributed by atoms with E-state index in [4.69, 9.17) is 9.84 Å². The fourth-order valence-electron chi connectivity index (χ4n) is 1.65. The zero-order valence-electron chi connectivity index (χ0n) is 9.78. The van der Waals surface area contributed by atoms with Crippen molar-refractivity contribution in [1.29, 1.82) is 0 Å². The Labute approximate surface area is 100.0 Å². The summed E-state index contributed by atoms with van der Waals surface area (Å²) in [4.78, 5) is 21.6. The van der Waals surface area contributed by atoms with Crippen molar-refractivity contribution in [2.75, 3.05) is 19.8 Å². The summed E-state index contributed by atoms with van der Waals surface area (Å²) in [5.74, 6) is -1.00. The average Bonchev–Trinajstić information content (AvgIpc) is 2.69. The first kappa shape index (κ1) is 13.9. The van der Waals surface area contributed by atoms with Gasteiger partial charge in [0.05, 0.1) is 6.61 Å². The Hall–Kier alpha value is -1.14. The van der Waals surface area contributed by atoms with Crippen molar-refractivity contribution in [3.05, 3.63) is 0 Å². The predicted molar refractivity (Wildman–Crippen MR) is 59.5 cm³/mol. The number of carboxylic acids is 1.